The maximum absolute atomic E-state index is 12.3. The number of hydrogen-bond donors (Lipinski definition) is 1. The highest BCUT2D eigenvalue weighted by atomic mass is 16.2. The van der Waals surface area contributed by atoms with E-state index in [9.17, 15) is 14.4 Å². The number of nitriles is 1. The van der Waals surface area contributed by atoms with E-state index in [0.717, 1.165) is 18.4 Å². The van der Waals surface area contributed by atoms with Crippen LogP contribution in [0.25, 0.3) is 0 Å². The summed E-state index contributed by atoms with van der Waals surface area (Å²) in [5, 5.41) is 11.5. The van der Waals surface area contributed by atoms with Gasteiger partial charge in [-0.1, -0.05) is 12.1 Å². The number of nitrogens with one attached hydrogen (secondary N) is 1. The maximum Gasteiger partial charge on any atom is 0.312 e. The monoisotopic (exact) mass is 354 g/mol. The summed E-state index contributed by atoms with van der Waals surface area (Å²) in [5.74, 6) is -0.987. The summed E-state index contributed by atoms with van der Waals surface area (Å²) in [5.41, 5.74) is 1.62. The second-order valence-corrected chi connectivity index (χ2v) is 6.73. The molecular weight excluding hydrogens is 332 g/mol. The van der Waals surface area contributed by atoms with Crippen molar-refractivity contribution in [2.75, 3.05) is 26.2 Å². The van der Waals surface area contributed by atoms with Gasteiger partial charge in [-0.15, -0.1) is 0 Å². The molecule has 1 saturated carbocycles. The number of nitrogens with zero attached hydrogens (tertiary/aromatic N) is 3. The van der Waals surface area contributed by atoms with Crippen LogP contribution in [0.3, 0.4) is 0 Å². The van der Waals surface area contributed by atoms with E-state index in [1.165, 1.54) is 4.90 Å². The summed E-state index contributed by atoms with van der Waals surface area (Å²) < 4.78 is 0. The molecule has 1 aromatic rings. The molecule has 7 nitrogen and oxygen atoms in total. The van der Waals surface area contributed by atoms with E-state index < -0.39 is 11.8 Å². The largest absolute Gasteiger partial charge is 0.345 e. The van der Waals surface area contributed by atoms with Gasteiger partial charge >= 0.3 is 11.8 Å². The Morgan fingerprint density at radius 1 is 1.04 bits per heavy atom. The predicted molar refractivity (Wildman–Crippen MR) is 93.8 cm³/mol. The van der Waals surface area contributed by atoms with Crippen LogP contribution in [0, 0.1) is 11.3 Å². The molecular formula is C19H22N4O3. The van der Waals surface area contributed by atoms with E-state index in [2.05, 4.69) is 11.4 Å². The topological polar surface area (TPSA) is 93.5 Å². The third kappa shape index (κ3) is 4.60. The predicted octanol–water partition coefficient (Wildman–Crippen LogP) is 0.440. The zero-order valence-corrected chi connectivity index (χ0v) is 14.6. The molecule has 0 bridgehead atoms. The van der Waals surface area contributed by atoms with Gasteiger partial charge in [-0.2, -0.15) is 5.26 Å². The lowest BCUT2D eigenvalue weighted by atomic mass is 10.1. The first kappa shape index (κ1) is 17.9. The lowest BCUT2D eigenvalue weighted by molar-refractivity contribution is -0.148. The van der Waals surface area contributed by atoms with Crippen LogP contribution in [0.4, 0.5) is 0 Å². The molecule has 3 rings (SSSR count). The third-order valence-corrected chi connectivity index (χ3v) is 4.74. The summed E-state index contributed by atoms with van der Waals surface area (Å²) in [6.07, 6.45) is 2.90. The second kappa shape index (κ2) is 8.00. The van der Waals surface area contributed by atoms with Gasteiger partial charge < -0.3 is 15.1 Å². The van der Waals surface area contributed by atoms with Crippen molar-refractivity contribution in [2.45, 2.75) is 31.7 Å². The van der Waals surface area contributed by atoms with Gasteiger partial charge in [-0.25, -0.2) is 0 Å². The van der Waals surface area contributed by atoms with E-state index in [1.807, 2.05) is 12.1 Å². The molecule has 1 aliphatic carbocycles. The van der Waals surface area contributed by atoms with Crippen LogP contribution in [-0.4, -0.2) is 59.7 Å². The molecule has 2 fully saturated rings. The Morgan fingerprint density at radius 2 is 1.65 bits per heavy atom. The van der Waals surface area contributed by atoms with Crippen LogP contribution in [0.15, 0.2) is 24.3 Å². The van der Waals surface area contributed by atoms with Crippen LogP contribution in [0.2, 0.25) is 0 Å². The van der Waals surface area contributed by atoms with E-state index in [-0.39, 0.29) is 11.9 Å². The molecule has 1 aromatic carbocycles. The number of piperazine rings is 1. The zero-order valence-electron chi connectivity index (χ0n) is 14.6. The Labute approximate surface area is 152 Å². The summed E-state index contributed by atoms with van der Waals surface area (Å²) in [6, 6.07) is 9.45. The van der Waals surface area contributed by atoms with Crippen molar-refractivity contribution >= 4 is 17.7 Å². The van der Waals surface area contributed by atoms with Gasteiger partial charge in [-0.3, -0.25) is 14.4 Å². The van der Waals surface area contributed by atoms with Crippen molar-refractivity contribution in [1.29, 1.82) is 5.26 Å². The van der Waals surface area contributed by atoms with Crippen LogP contribution < -0.4 is 5.32 Å². The molecule has 0 spiro atoms. The minimum atomic E-state index is -0.534. The molecule has 0 aromatic heterocycles. The second-order valence-electron chi connectivity index (χ2n) is 6.73. The van der Waals surface area contributed by atoms with E-state index >= 15 is 0 Å². The number of aryl methyl sites for hydroxylation is 1. The van der Waals surface area contributed by atoms with Gasteiger partial charge in [0.05, 0.1) is 11.6 Å². The van der Waals surface area contributed by atoms with Gasteiger partial charge in [-0.05, 0) is 37.0 Å². The first-order chi connectivity index (χ1) is 12.6. The fourth-order valence-electron chi connectivity index (χ4n) is 2.93. The van der Waals surface area contributed by atoms with Crippen molar-refractivity contribution in [1.82, 2.24) is 15.1 Å². The molecule has 1 heterocycles. The number of hydrogen-bond acceptors (Lipinski definition) is 4. The van der Waals surface area contributed by atoms with Crippen molar-refractivity contribution < 1.29 is 14.4 Å². The summed E-state index contributed by atoms with van der Waals surface area (Å²) >= 11 is 0. The van der Waals surface area contributed by atoms with Gasteiger partial charge in [0.15, 0.2) is 0 Å². The van der Waals surface area contributed by atoms with Crippen LogP contribution in [0.5, 0.6) is 0 Å². The Kier molecular flexibility index (Phi) is 5.52. The maximum atomic E-state index is 12.3. The highest BCUT2D eigenvalue weighted by Crippen LogP contribution is 2.18. The van der Waals surface area contributed by atoms with Crippen LogP contribution in [0.1, 0.15) is 30.4 Å². The van der Waals surface area contributed by atoms with Crippen LogP contribution in [-0.2, 0) is 20.8 Å². The zero-order chi connectivity index (χ0) is 18.5. The fraction of sp³-hybridized carbons (Fsp3) is 0.474. The Balaban J connectivity index is 1.42. The van der Waals surface area contributed by atoms with E-state index in [1.54, 1.807) is 17.0 Å². The van der Waals surface area contributed by atoms with Crippen molar-refractivity contribution in [2.24, 2.45) is 0 Å². The van der Waals surface area contributed by atoms with Crippen molar-refractivity contribution in [3.63, 3.8) is 0 Å². The van der Waals surface area contributed by atoms with Gasteiger partial charge in [0.25, 0.3) is 0 Å². The smallest absolute Gasteiger partial charge is 0.312 e. The van der Waals surface area contributed by atoms with E-state index in [4.69, 9.17) is 5.26 Å². The molecule has 136 valence electrons. The van der Waals surface area contributed by atoms with E-state index in [0.29, 0.717) is 44.6 Å². The molecule has 1 aliphatic heterocycles. The minimum Gasteiger partial charge on any atom is -0.345 e. The number of carbonyl (C=O) groups excluding carboxylic acids is 3. The normalized spacial score (nSPS) is 16.7. The highest BCUT2D eigenvalue weighted by molar-refractivity contribution is 6.35. The van der Waals surface area contributed by atoms with Gasteiger partial charge in [0, 0.05) is 38.6 Å². The lowest BCUT2D eigenvalue weighted by Crippen LogP contribution is -2.54. The summed E-state index contributed by atoms with van der Waals surface area (Å²) in [6.45, 7) is 1.68. The molecule has 0 atom stereocenters. The first-order valence-electron chi connectivity index (χ1n) is 8.93. The molecule has 7 heteroatoms. The molecule has 0 unspecified atom stereocenters. The number of carbonyl (C=O) groups is 3. The fourth-order valence-corrected chi connectivity index (χ4v) is 2.93. The quantitative estimate of drug-likeness (QED) is 0.794. The molecule has 2 aliphatic rings. The summed E-state index contributed by atoms with van der Waals surface area (Å²) in [7, 11) is 0. The Hall–Kier alpha value is -2.88. The standard InChI is InChI=1S/C19H22N4O3/c20-13-15-3-1-14(2-4-15)5-8-17(24)22-9-11-23(12-10-22)19(26)18(25)21-16-6-7-16/h1-4,16H,5-12H2,(H,21,25). The van der Waals surface area contributed by atoms with Gasteiger partial charge in [0.1, 0.15) is 0 Å². The summed E-state index contributed by atoms with van der Waals surface area (Å²) in [4.78, 5) is 39.5. The molecule has 0 radical (unpaired) electrons. The molecule has 3 amide bonds. The van der Waals surface area contributed by atoms with Crippen molar-refractivity contribution in [3.8, 4) is 6.07 Å². The molecule has 1 saturated heterocycles. The van der Waals surface area contributed by atoms with Crippen LogP contribution >= 0.6 is 0 Å². The van der Waals surface area contributed by atoms with Crippen molar-refractivity contribution in [3.05, 3.63) is 35.4 Å². The average molecular weight is 354 g/mol. The Morgan fingerprint density at radius 3 is 2.23 bits per heavy atom. The Bertz CT molecular complexity index is 726. The SMILES string of the molecule is N#Cc1ccc(CCC(=O)N2CCN(C(=O)C(=O)NC3CC3)CC2)cc1. The average Bonchev–Trinajstić information content (AvgIpc) is 3.50. The molecule has 1 N–H and O–H groups in total. The number of amides is 3. The lowest BCUT2D eigenvalue weighted by Gasteiger charge is -2.34. The molecule has 26 heavy (non-hydrogen) atoms. The highest BCUT2D eigenvalue weighted by Gasteiger charge is 2.31. The third-order valence-electron chi connectivity index (χ3n) is 4.74. The first-order valence-corrected chi connectivity index (χ1v) is 8.93. The number of rotatable bonds is 4. The van der Waals surface area contributed by atoms with Gasteiger partial charge in [0.2, 0.25) is 5.91 Å². The number of benzene rings is 1. The minimum absolute atomic E-state index is 0.0453.